The lowest BCUT2D eigenvalue weighted by Gasteiger charge is -2.14. The molecule has 1 saturated carbocycles. The van der Waals surface area contributed by atoms with Crippen LogP contribution in [0.1, 0.15) is 24.0 Å². The van der Waals surface area contributed by atoms with E-state index in [1.165, 1.54) is 0 Å². The normalized spacial score (nSPS) is 13.0. The van der Waals surface area contributed by atoms with E-state index in [4.69, 9.17) is 4.74 Å². The van der Waals surface area contributed by atoms with Gasteiger partial charge in [0.05, 0.1) is 19.3 Å². The second-order valence-electron chi connectivity index (χ2n) is 6.90. The molecule has 1 aliphatic rings. The third-order valence-electron chi connectivity index (χ3n) is 4.52. The first-order chi connectivity index (χ1) is 13.0. The number of hydrogen-bond donors (Lipinski definition) is 3. The smallest absolute Gasteiger partial charge is 0.243 e. The number of aryl methyl sites for hydroxylation is 2. The minimum Gasteiger partial charge on any atom is -0.495 e. The van der Waals surface area contributed by atoms with Crippen molar-refractivity contribution in [2.75, 3.05) is 29.6 Å². The van der Waals surface area contributed by atoms with Crippen LogP contribution in [0.3, 0.4) is 0 Å². The van der Waals surface area contributed by atoms with Crippen molar-refractivity contribution in [1.29, 1.82) is 0 Å². The second kappa shape index (κ2) is 8.12. The molecule has 0 bridgehead atoms. The van der Waals surface area contributed by atoms with Gasteiger partial charge in [-0.1, -0.05) is 12.1 Å². The predicted molar refractivity (Wildman–Crippen MR) is 107 cm³/mol. The Morgan fingerprint density at radius 1 is 1.04 bits per heavy atom. The fourth-order valence-electron chi connectivity index (χ4n) is 2.77. The number of methoxy groups -OCH3 is 1. The zero-order chi connectivity index (χ0) is 19.4. The summed E-state index contributed by atoms with van der Waals surface area (Å²) >= 11 is 0. The third kappa shape index (κ3) is 5.00. The minimum absolute atomic E-state index is 0.0640. The number of ether oxygens (including phenoxy) is 1. The van der Waals surface area contributed by atoms with Crippen LogP contribution in [0.5, 0.6) is 5.75 Å². The van der Waals surface area contributed by atoms with Crippen molar-refractivity contribution in [3.63, 3.8) is 0 Å². The van der Waals surface area contributed by atoms with E-state index < -0.39 is 0 Å². The molecule has 3 N–H and O–H groups in total. The second-order valence-corrected chi connectivity index (χ2v) is 6.90. The van der Waals surface area contributed by atoms with Gasteiger partial charge in [-0.05, 0) is 62.1 Å². The lowest BCUT2D eigenvalue weighted by atomic mass is 10.1. The van der Waals surface area contributed by atoms with Crippen LogP contribution in [-0.4, -0.2) is 25.5 Å². The Balaban J connectivity index is 1.61. The summed E-state index contributed by atoms with van der Waals surface area (Å²) in [7, 11) is 1.57. The van der Waals surface area contributed by atoms with Gasteiger partial charge in [-0.15, -0.1) is 0 Å². The molecule has 27 heavy (non-hydrogen) atoms. The van der Waals surface area contributed by atoms with E-state index in [1.807, 2.05) is 50.2 Å². The van der Waals surface area contributed by atoms with Crippen molar-refractivity contribution in [1.82, 2.24) is 0 Å². The Labute approximate surface area is 159 Å². The first kappa shape index (κ1) is 18.8. The van der Waals surface area contributed by atoms with Crippen LogP contribution in [0.15, 0.2) is 36.4 Å². The SMILES string of the molecule is COc1ccc(C)cc1NC(=O)CNc1cc(NC(=O)C2CC2)ccc1C. The molecule has 6 nitrogen and oxygen atoms in total. The van der Waals surface area contributed by atoms with Crippen LogP contribution in [0.4, 0.5) is 17.1 Å². The first-order valence-electron chi connectivity index (χ1n) is 9.06. The molecule has 1 aliphatic carbocycles. The van der Waals surface area contributed by atoms with Gasteiger partial charge < -0.3 is 20.7 Å². The summed E-state index contributed by atoms with van der Waals surface area (Å²) in [5, 5.41) is 8.93. The summed E-state index contributed by atoms with van der Waals surface area (Å²) < 4.78 is 5.28. The van der Waals surface area contributed by atoms with Crippen molar-refractivity contribution in [2.24, 2.45) is 5.92 Å². The summed E-state index contributed by atoms with van der Waals surface area (Å²) in [6, 6.07) is 11.3. The number of carbonyl (C=O) groups excluding carboxylic acids is 2. The average molecular weight is 367 g/mol. The molecule has 2 aromatic rings. The molecular weight excluding hydrogens is 342 g/mol. The number of anilines is 3. The summed E-state index contributed by atoms with van der Waals surface area (Å²) in [6.07, 6.45) is 1.93. The third-order valence-corrected chi connectivity index (χ3v) is 4.52. The Kier molecular flexibility index (Phi) is 5.64. The average Bonchev–Trinajstić information content (AvgIpc) is 3.47. The number of benzene rings is 2. The molecule has 0 aliphatic heterocycles. The van der Waals surface area contributed by atoms with Gasteiger partial charge in [0.1, 0.15) is 5.75 Å². The van der Waals surface area contributed by atoms with Crippen molar-refractivity contribution < 1.29 is 14.3 Å². The highest BCUT2D eigenvalue weighted by atomic mass is 16.5. The van der Waals surface area contributed by atoms with Crippen LogP contribution in [0.25, 0.3) is 0 Å². The summed E-state index contributed by atoms with van der Waals surface area (Å²) in [5.41, 5.74) is 4.23. The molecule has 0 atom stereocenters. The van der Waals surface area contributed by atoms with Crippen molar-refractivity contribution in [3.8, 4) is 5.75 Å². The van der Waals surface area contributed by atoms with Gasteiger partial charge in [0.2, 0.25) is 11.8 Å². The molecule has 0 saturated heterocycles. The van der Waals surface area contributed by atoms with Crippen molar-refractivity contribution in [2.45, 2.75) is 26.7 Å². The number of rotatable bonds is 7. The van der Waals surface area contributed by atoms with E-state index in [0.29, 0.717) is 11.4 Å². The fraction of sp³-hybridized carbons (Fsp3) is 0.333. The monoisotopic (exact) mass is 367 g/mol. The highest BCUT2D eigenvalue weighted by molar-refractivity contribution is 5.96. The highest BCUT2D eigenvalue weighted by Crippen LogP contribution is 2.31. The van der Waals surface area contributed by atoms with E-state index in [0.717, 1.165) is 35.3 Å². The van der Waals surface area contributed by atoms with Crippen LogP contribution in [-0.2, 0) is 9.59 Å². The lowest BCUT2D eigenvalue weighted by molar-refractivity contribution is -0.117. The predicted octanol–water partition coefficient (Wildman–Crippen LogP) is 3.71. The Morgan fingerprint density at radius 2 is 1.81 bits per heavy atom. The van der Waals surface area contributed by atoms with Crippen molar-refractivity contribution >= 4 is 28.9 Å². The van der Waals surface area contributed by atoms with E-state index >= 15 is 0 Å². The van der Waals surface area contributed by atoms with E-state index in [-0.39, 0.29) is 24.3 Å². The largest absolute Gasteiger partial charge is 0.495 e. The topological polar surface area (TPSA) is 79.5 Å². The van der Waals surface area contributed by atoms with Gasteiger partial charge in [-0.3, -0.25) is 9.59 Å². The maximum Gasteiger partial charge on any atom is 0.243 e. The molecule has 6 heteroatoms. The van der Waals surface area contributed by atoms with Gasteiger partial charge in [0.25, 0.3) is 0 Å². The van der Waals surface area contributed by atoms with Gasteiger partial charge in [0.15, 0.2) is 0 Å². The molecule has 1 fully saturated rings. The molecule has 0 aromatic heterocycles. The Hall–Kier alpha value is -3.02. The molecule has 2 amide bonds. The molecular formula is C21H25N3O3. The number of hydrogen-bond acceptors (Lipinski definition) is 4. The molecule has 0 radical (unpaired) electrons. The quantitative estimate of drug-likeness (QED) is 0.697. The molecule has 0 spiro atoms. The van der Waals surface area contributed by atoms with Gasteiger partial charge in [-0.2, -0.15) is 0 Å². The van der Waals surface area contributed by atoms with E-state index in [1.54, 1.807) is 7.11 Å². The van der Waals surface area contributed by atoms with Gasteiger partial charge in [-0.25, -0.2) is 0 Å². The lowest BCUT2D eigenvalue weighted by Crippen LogP contribution is -2.22. The zero-order valence-corrected chi connectivity index (χ0v) is 15.9. The standard InChI is InChI=1S/C21H25N3O3/c1-13-4-9-19(27-3)18(10-13)24-20(25)12-22-17-11-16(8-5-14(17)2)23-21(26)15-6-7-15/h4-5,8-11,15,22H,6-7,12H2,1-3H3,(H,23,26)(H,24,25). The van der Waals surface area contributed by atoms with Crippen LogP contribution in [0, 0.1) is 19.8 Å². The van der Waals surface area contributed by atoms with Gasteiger partial charge in [0, 0.05) is 17.3 Å². The number of amides is 2. The van der Waals surface area contributed by atoms with E-state index in [2.05, 4.69) is 16.0 Å². The van der Waals surface area contributed by atoms with Crippen LogP contribution < -0.4 is 20.7 Å². The molecule has 3 rings (SSSR count). The molecule has 2 aromatic carbocycles. The Bertz CT molecular complexity index is 860. The van der Waals surface area contributed by atoms with Crippen molar-refractivity contribution in [3.05, 3.63) is 47.5 Å². The maximum atomic E-state index is 12.3. The number of nitrogens with one attached hydrogen (secondary N) is 3. The highest BCUT2D eigenvalue weighted by Gasteiger charge is 2.29. The number of carbonyl (C=O) groups is 2. The molecule has 142 valence electrons. The Morgan fingerprint density at radius 3 is 2.52 bits per heavy atom. The van der Waals surface area contributed by atoms with Crippen LogP contribution >= 0.6 is 0 Å². The summed E-state index contributed by atoms with van der Waals surface area (Å²) in [5.74, 6) is 0.660. The summed E-state index contributed by atoms with van der Waals surface area (Å²) in [4.78, 5) is 24.3. The minimum atomic E-state index is -0.175. The fourth-order valence-corrected chi connectivity index (χ4v) is 2.77. The van der Waals surface area contributed by atoms with Gasteiger partial charge >= 0.3 is 0 Å². The molecule has 0 unspecified atom stereocenters. The van der Waals surface area contributed by atoms with Crippen LogP contribution in [0.2, 0.25) is 0 Å². The molecule has 0 heterocycles. The van der Waals surface area contributed by atoms with E-state index in [9.17, 15) is 9.59 Å². The summed E-state index contributed by atoms with van der Waals surface area (Å²) in [6.45, 7) is 4.02. The zero-order valence-electron chi connectivity index (χ0n) is 15.9. The maximum absolute atomic E-state index is 12.3. The first-order valence-corrected chi connectivity index (χ1v) is 9.06.